The van der Waals surface area contributed by atoms with E-state index in [1.165, 1.54) is 6.42 Å². The molecule has 0 saturated heterocycles. The molecule has 0 aromatic carbocycles. The van der Waals surface area contributed by atoms with E-state index in [1.54, 1.807) is 4.42 Å². The summed E-state index contributed by atoms with van der Waals surface area (Å²) in [5.41, 5.74) is 2.81. The molecular formula is C6H12ClN3. The van der Waals surface area contributed by atoms with Crippen LogP contribution in [0.25, 0.3) is 0 Å². The number of nitrogens with zero attached hydrogens (tertiary/aromatic N) is 2. The summed E-state index contributed by atoms with van der Waals surface area (Å²) < 4.78 is 1.62. The van der Waals surface area contributed by atoms with Crippen molar-refractivity contribution >= 4 is 17.6 Å². The number of rotatable bonds is 3. The molecule has 1 N–H and O–H groups in total. The minimum Gasteiger partial charge on any atom is -0.287 e. The summed E-state index contributed by atoms with van der Waals surface area (Å²) in [6.45, 7) is 2.79. The van der Waals surface area contributed by atoms with Gasteiger partial charge in [-0.15, -0.1) is 0 Å². The van der Waals surface area contributed by atoms with Gasteiger partial charge >= 0.3 is 0 Å². The van der Waals surface area contributed by atoms with Gasteiger partial charge in [0.15, 0.2) is 0 Å². The molecule has 0 radical (unpaired) electrons. The molecule has 0 spiro atoms. The molecule has 3 nitrogen and oxygen atoms in total. The lowest BCUT2D eigenvalue weighted by molar-refractivity contribution is 0.618. The first kappa shape index (κ1) is 7.66. The third-order valence-electron chi connectivity index (χ3n) is 1.45. The maximum atomic E-state index is 5.75. The highest BCUT2D eigenvalue weighted by molar-refractivity contribution is 6.22. The monoisotopic (exact) mass is 161 g/mol. The van der Waals surface area contributed by atoms with Crippen LogP contribution in [0, 0.1) is 0 Å². The van der Waals surface area contributed by atoms with Gasteiger partial charge in [0.1, 0.15) is 12.5 Å². The van der Waals surface area contributed by atoms with Crippen molar-refractivity contribution in [2.24, 2.45) is 5.10 Å². The van der Waals surface area contributed by atoms with Crippen molar-refractivity contribution in [1.82, 2.24) is 9.84 Å². The summed E-state index contributed by atoms with van der Waals surface area (Å²) in [4.78, 5) is 0. The topological polar surface area (TPSA) is 27.6 Å². The summed E-state index contributed by atoms with van der Waals surface area (Å²) in [6, 6.07) is 0. The largest absolute Gasteiger partial charge is 0.287 e. The molecule has 1 heterocycles. The highest BCUT2D eigenvalue weighted by Gasteiger charge is 2.12. The quantitative estimate of drug-likeness (QED) is 0.636. The molecule has 1 aliphatic rings. The maximum Gasteiger partial charge on any atom is 0.140 e. The highest BCUT2D eigenvalue weighted by Crippen LogP contribution is 2.07. The zero-order valence-electron chi connectivity index (χ0n) is 6.10. The zero-order chi connectivity index (χ0) is 7.40. The summed E-state index contributed by atoms with van der Waals surface area (Å²) in [7, 11) is 0. The molecule has 4 heteroatoms. The number of unbranched alkanes of at least 4 members (excludes halogenated alkanes) is 1. The average Bonchev–Trinajstić information content (AvgIpc) is 2.31. The van der Waals surface area contributed by atoms with Gasteiger partial charge in [-0.2, -0.15) is 5.10 Å². The Balaban J connectivity index is 2.26. The first-order valence-electron chi connectivity index (χ1n) is 3.57. The van der Waals surface area contributed by atoms with Crippen LogP contribution in [0.4, 0.5) is 0 Å². The van der Waals surface area contributed by atoms with Crippen LogP contribution < -0.4 is 5.43 Å². The van der Waals surface area contributed by atoms with Crippen molar-refractivity contribution in [3.05, 3.63) is 0 Å². The molecule has 0 bridgehead atoms. The number of hydrogen-bond donors (Lipinski definition) is 1. The van der Waals surface area contributed by atoms with Gasteiger partial charge in [0, 0.05) is 18.2 Å². The first-order valence-corrected chi connectivity index (χ1v) is 3.91. The van der Waals surface area contributed by atoms with Crippen LogP contribution in [0.1, 0.15) is 26.2 Å². The standard InChI is InChI=1S/C6H12ClN3/c1-2-3-4-6-9-8-5-10(6)7/h8H,2-5H2,1H3. The smallest absolute Gasteiger partial charge is 0.140 e. The Bertz CT molecular complexity index is 135. The Morgan fingerprint density at radius 2 is 2.60 bits per heavy atom. The highest BCUT2D eigenvalue weighted by atomic mass is 35.5. The summed E-state index contributed by atoms with van der Waals surface area (Å²) >= 11 is 5.75. The molecule has 0 unspecified atom stereocenters. The van der Waals surface area contributed by atoms with Crippen LogP contribution in [-0.4, -0.2) is 16.9 Å². The van der Waals surface area contributed by atoms with Crippen LogP contribution in [0.5, 0.6) is 0 Å². The first-order chi connectivity index (χ1) is 4.84. The molecule has 0 saturated carbocycles. The lowest BCUT2D eigenvalue weighted by atomic mass is 10.2. The Labute approximate surface area is 66.1 Å². The van der Waals surface area contributed by atoms with E-state index < -0.39 is 0 Å². The van der Waals surface area contributed by atoms with Crippen molar-refractivity contribution in [3.63, 3.8) is 0 Å². The van der Waals surface area contributed by atoms with E-state index in [0.717, 1.165) is 18.7 Å². The van der Waals surface area contributed by atoms with Crippen molar-refractivity contribution in [1.29, 1.82) is 0 Å². The van der Waals surface area contributed by atoms with E-state index in [9.17, 15) is 0 Å². The predicted molar refractivity (Wildman–Crippen MR) is 42.7 cm³/mol. The second-order valence-electron chi connectivity index (χ2n) is 2.31. The molecule has 0 fully saturated rings. The van der Waals surface area contributed by atoms with E-state index in [1.807, 2.05) is 0 Å². The van der Waals surface area contributed by atoms with E-state index >= 15 is 0 Å². The lowest BCUT2D eigenvalue weighted by Gasteiger charge is -2.06. The second kappa shape index (κ2) is 3.66. The van der Waals surface area contributed by atoms with Gasteiger partial charge in [0.2, 0.25) is 0 Å². The van der Waals surface area contributed by atoms with E-state index in [4.69, 9.17) is 11.8 Å². The SMILES string of the molecule is CCCCC1=NNCN1Cl. The molecule has 0 aromatic rings. The van der Waals surface area contributed by atoms with Crippen LogP contribution in [0.2, 0.25) is 0 Å². The molecule has 10 heavy (non-hydrogen) atoms. The number of hydrazone groups is 1. The second-order valence-corrected chi connectivity index (χ2v) is 2.72. The van der Waals surface area contributed by atoms with Gasteiger partial charge in [0.25, 0.3) is 0 Å². The van der Waals surface area contributed by atoms with Crippen LogP contribution in [0.3, 0.4) is 0 Å². The van der Waals surface area contributed by atoms with Crippen molar-refractivity contribution in [2.45, 2.75) is 26.2 Å². The summed E-state index contributed by atoms with van der Waals surface area (Å²) in [6.07, 6.45) is 3.32. The zero-order valence-corrected chi connectivity index (χ0v) is 6.86. The fraction of sp³-hybridized carbons (Fsp3) is 0.833. The van der Waals surface area contributed by atoms with Crippen LogP contribution >= 0.6 is 11.8 Å². The van der Waals surface area contributed by atoms with Crippen molar-refractivity contribution < 1.29 is 0 Å². The molecule has 0 aromatic heterocycles. The fourth-order valence-corrected chi connectivity index (χ4v) is 1.02. The Kier molecular flexibility index (Phi) is 2.81. The van der Waals surface area contributed by atoms with Gasteiger partial charge in [-0.25, -0.2) is 4.42 Å². The molecule has 0 atom stereocenters. The Hall–Kier alpha value is -0.440. The third kappa shape index (κ3) is 1.77. The predicted octanol–water partition coefficient (Wildman–Crippen LogP) is 1.51. The molecule has 0 aliphatic carbocycles. The number of nitrogens with one attached hydrogen (secondary N) is 1. The minimum atomic E-state index is 0.639. The van der Waals surface area contributed by atoms with Crippen molar-refractivity contribution in [2.75, 3.05) is 6.67 Å². The summed E-state index contributed by atoms with van der Waals surface area (Å²) in [5.74, 6) is 0.962. The molecule has 1 rings (SSSR count). The Morgan fingerprint density at radius 3 is 3.10 bits per heavy atom. The fourth-order valence-electron chi connectivity index (χ4n) is 0.846. The van der Waals surface area contributed by atoms with Crippen molar-refractivity contribution in [3.8, 4) is 0 Å². The lowest BCUT2D eigenvalue weighted by Crippen LogP contribution is -2.18. The van der Waals surface area contributed by atoms with E-state index in [2.05, 4.69) is 17.5 Å². The summed E-state index contributed by atoms with van der Waals surface area (Å²) in [5, 5.41) is 4.01. The van der Waals surface area contributed by atoms with Crippen LogP contribution in [0.15, 0.2) is 5.10 Å². The molecular weight excluding hydrogens is 150 g/mol. The molecule has 0 amide bonds. The minimum absolute atomic E-state index is 0.639. The van der Waals surface area contributed by atoms with Gasteiger partial charge in [-0.3, -0.25) is 5.43 Å². The number of amidine groups is 1. The number of hydrogen-bond acceptors (Lipinski definition) is 3. The number of halogens is 1. The molecule has 1 aliphatic heterocycles. The van der Waals surface area contributed by atoms with Gasteiger partial charge in [-0.1, -0.05) is 13.3 Å². The van der Waals surface area contributed by atoms with Gasteiger partial charge < -0.3 is 0 Å². The maximum absolute atomic E-state index is 5.75. The van der Waals surface area contributed by atoms with E-state index in [0.29, 0.717) is 6.67 Å². The van der Waals surface area contributed by atoms with E-state index in [-0.39, 0.29) is 0 Å². The van der Waals surface area contributed by atoms with Crippen LogP contribution in [-0.2, 0) is 0 Å². The average molecular weight is 162 g/mol. The third-order valence-corrected chi connectivity index (χ3v) is 1.77. The molecule has 58 valence electrons. The van der Waals surface area contributed by atoms with Gasteiger partial charge in [0.05, 0.1) is 0 Å². The normalized spacial score (nSPS) is 17.0. The van der Waals surface area contributed by atoms with Gasteiger partial charge in [-0.05, 0) is 6.42 Å². The Morgan fingerprint density at radius 1 is 1.80 bits per heavy atom.